The van der Waals surface area contributed by atoms with Gasteiger partial charge in [-0.1, -0.05) is 0 Å². The highest BCUT2D eigenvalue weighted by Crippen LogP contribution is 2.06. The van der Waals surface area contributed by atoms with E-state index >= 15 is 0 Å². The summed E-state index contributed by atoms with van der Waals surface area (Å²) in [6.07, 6.45) is 0.0209. The number of urea groups is 1. The number of carboxylic acid groups (broad SMARTS) is 1. The van der Waals surface area contributed by atoms with Crippen molar-refractivity contribution in [2.75, 3.05) is 32.8 Å². The Kier molecular flexibility index (Phi) is 6.04. The molecular weight excluding hydrogens is 250 g/mol. The van der Waals surface area contributed by atoms with Crippen LogP contribution in [0.5, 0.6) is 0 Å². The summed E-state index contributed by atoms with van der Waals surface area (Å²) >= 11 is 0. The molecule has 1 aliphatic heterocycles. The van der Waals surface area contributed by atoms with Crippen LogP contribution in [-0.4, -0.2) is 76.9 Å². The maximum absolute atomic E-state index is 11.9. The van der Waals surface area contributed by atoms with Crippen molar-refractivity contribution in [2.45, 2.75) is 32.4 Å². The van der Waals surface area contributed by atoms with E-state index in [1.165, 1.54) is 0 Å². The first-order chi connectivity index (χ1) is 8.95. The molecule has 0 spiro atoms. The Morgan fingerprint density at radius 1 is 1.21 bits per heavy atom. The third-order valence-electron chi connectivity index (χ3n) is 3.35. The second-order valence-electron chi connectivity index (χ2n) is 4.97. The van der Waals surface area contributed by atoms with E-state index in [0.717, 1.165) is 13.1 Å². The summed E-state index contributed by atoms with van der Waals surface area (Å²) in [6, 6.07) is -0.948. The van der Waals surface area contributed by atoms with Crippen LogP contribution in [0.4, 0.5) is 4.79 Å². The quantitative estimate of drug-likeness (QED) is 0.631. The lowest BCUT2D eigenvalue weighted by Crippen LogP contribution is -2.55. The standard InChI is InChI=1S/C12H23N3O4/c1-9(2)14-4-6-15(7-5-14)12(19)13-10(3-8-16)11(17)18/h9-10,16H,3-8H2,1-2H3,(H,13,19)(H,17,18)/t10-/m1/s1. The van der Waals surface area contributed by atoms with Gasteiger partial charge in [0.05, 0.1) is 0 Å². The van der Waals surface area contributed by atoms with Gasteiger partial charge in [-0.05, 0) is 13.8 Å². The summed E-state index contributed by atoms with van der Waals surface area (Å²) in [5.74, 6) is -1.12. The van der Waals surface area contributed by atoms with E-state index < -0.39 is 12.0 Å². The molecule has 0 unspecified atom stereocenters. The van der Waals surface area contributed by atoms with Gasteiger partial charge in [-0.2, -0.15) is 0 Å². The zero-order valence-electron chi connectivity index (χ0n) is 11.5. The molecule has 3 N–H and O–H groups in total. The van der Waals surface area contributed by atoms with Crippen molar-refractivity contribution in [3.05, 3.63) is 0 Å². The number of carboxylic acids is 1. The van der Waals surface area contributed by atoms with E-state index in [2.05, 4.69) is 24.1 Å². The molecule has 1 fully saturated rings. The Hall–Kier alpha value is -1.34. The fraction of sp³-hybridized carbons (Fsp3) is 0.833. The third kappa shape index (κ3) is 4.68. The highest BCUT2D eigenvalue weighted by molar-refractivity contribution is 5.82. The number of piperazine rings is 1. The smallest absolute Gasteiger partial charge is 0.326 e. The molecule has 110 valence electrons. The summed E-state index contributed by atoms with van der Waals surface area (Å²) in [4.78, 5) is 26.7. The lowest BCUT2D eigenvalue weighted by molar-refractivity contribution is -0.139. The van der Waals surface area contributed by atoms with Crippen LogP contribution in [0, 0.1) is 0 Å². The number of amides is 2. The van der Waals surface area contributed by atoms with Gasteiger partial charge in [-0.15, -0.1) is 0 Å². The van der Waals surface area contributed by atoms with Gasteiger partial charge < -0.3 is 20.4 Å². The molecule has 7 heteroatoms. The Morgan fingerprint density at radius 3 is 2.21 bits per heavy atom. The molecule has 0 bridgehead atoms. The van der Waals surface area contributed by atoms with Crippen LogP contribution in [0.25, 0.3) is 0 Å². The van der Waals surface area contributed by atoms with Crippen LogP contribution < -0.4 is 5.32 Å². The van der Waals surface area contributed by atoms with Crippen molar-refractivity contribution >= 4 is 12.0 Å². The maximum Gasteiger partial charge on any atom is 0.326 e. The van der Waals surface area contributed by atoms with Gasteiger partial charge >= 0.3 is 12.0 Å². The van der Waals surface area contributed by atoms with Crippen molar-refractivity contribution < 1.29 is 19.8 Å². The van der Waals surface area contributed by atoms with E-state index in [4.69, 9.17) is 10.2 Å². The van der Waals surface area contributed by atoms with E-state index in [9.17, 15) is 9.59 Å². The highest BCUT2D eigenvalue weighted by Gasteiger charge is 2.26. The van der Waals surface area contributed by atoms with E-state index in [1.807, 2.05) is 0 Å². The minimum atomic E-state index is -1.12. The number of aliphatic hydroxyl groups excluding tert-OH is 1. The van der Waals surface area contributed by atoms with Crippen molar-refractivity contribution in [2.24, 2.45) is 0 Å². The number of hydrogen-bond acceptors (Lipinski definition) is 4. The van der Waals surface area contributed by atoms with Crippen LogP contribution in [-0.2, 0) is 4.79 Å². The largest absolute Gasteiger partial charge is 0.480 e. The van der Waals surface area contributed by atoms with Crippen molar-refractivity contribution in [1.29, 1.82) is 0 Å². The predicted octanol–water partition coefficient (Wildman–Crippen LogP) is -0.442. The molecule has 2 amide bonds. The van der Waals surface area contributed by atoms with Gasteiger partial charge in [0.15, 0.2) is 0 Å². The van der Waals surface area contributed by atoms with E-state index in [1.54, 1.807) is 4.90 Å². The zero-order valence-corrected chi connectivity index (χ0v) is 11.5. The predicted molar refractivity (Wildman–Crippen MR) is 69.9 cm³/mol. The molecule has 0 aromatic carbocycles. The molecule has 1 heterocycles. The summed E-state index contributed by atoms with van der Waals surface area (Å²) < 4.78 is 0. The number of nitrogens with zero attached hydrogens (tertiary/aromatic N) is 2. The second kappa shape index (κ2) is 7.30. The van der Waals surface area contributed by atoms with Gasteiger partial charge in [-0.25, -0.2) is 9.59 Å². The van der Waals surface area contributed by atoms with Gasteiger partial charge in [0.1, 0.15) is 6.04 Å². The molecule has 1 aliphatic rings. The summed E-state index contributed by atoms with van der Waals surface area (Å²) in [5, 5.41) is 20.1. The molecule has 0 aromatic rings. The minimum absolute atomic E-state index is 0.0209. The summed E-state index contributed by atoms with van der Waals surface area (Å²) in [5.41, 5.74) is 0. The topological polar surface area (TPSA) is 93.1 Å². The van der Waals surface area contributed by atoms with Gasteiger partial charge in [0.2, 0.25) is 0 Å². The average Bonchev–Trinajstić information content (AvgIpc) is 2.38. The van der Waals surface area contributed by atoms with Crippen molar-refractivity contribution in [3.63, 3.8) is 0 Å². The van der Waals surface area contributed by atoms with Crippen molar-refractivity contribution in [1.82, 2.24) is 15.1 Å². The number of nitrogens with one attached hydrogen (secondary N) is 1. The molecule has 0 aromatic heterocycles. The number of rotatable bonds is 5. The highest BCUT2D eigenvalue weighted by atomic mass is 16.4. The molecule has 1 saturated heterocycles. The first-order valence-corrected chi connectivity index (χ1v) is 6.59. The molecule has 0 saturated carbocycles. The molecule has 1 atom stereocenters. The lowest BCUT2D eigenvalue weighted by atomic mass is 10.2. The molecule has 0 aliphatic carbocycles. The summed E-state index contributed by atoms with van der Waals surface area (Å²) in [7, 11) is 0. The first-order valence-electron chi connectivity index (χ1n) is 6.59. The van der Waals surface area contributed by atoms with Crippen molar-refractivity contribution in [3.8, 4) is 0 Å². The van der Waals surface area contributed by atoms with Crippen LogP contribution in [0.3, 0.4) is 0 Å². The van der Waals surface area contributed by atoms with Crippen LogP contribution in [0.15, 0.2) is 0 Å². The van der Waals surface area contributed by atoms with E-state index in [0.29, 0.717) is 19.1 Å². The Bertz CT molecular complexity index is 314. The minimum Gasteiger partial charge on any atom is -0.480 e. The number of aliphatic hydroxyl groups is 1. The Morgan fingerprint density at radius 2 is 1.79 bits per heavy atom. The van der Waals surface area contributed by atoms with E-state index in [-0.39, 0.29) is 19.1 Å². The molecule has 0 radical (unpaired) electrons. The van der Waals surface area contributed by atoms with Crippen LogP contribution >= 0.6 is 0 Å². The van der Waals surface area contributed by atoms with Gasteiger partial charge in [0, 0.05) is 45.2 Å². The Balaban J connectivity index is 2.44. The first kappa shape index (κ1) is 15.7. The van der Waals surface area contributed by atoms with Crippen LogP contribution in [0.2, 0.25) is 0 Å². The maximum atomic E-state index is 11.9. The lowest BCUT2D eigenvalue weighted by Gasteiger charge is -2.37. The molecular formula is C12H23N3O4. The second-order valence-corrected chi connectivity index (χ2v) is 4.97. The SMILES string of the molecule is CC(C)N1CCN(C(=O)N[C@H](CCO)C(=O)O)CC1. The number of carbonyl (C=O) groups excluding carboxylic acids is 1. The number of hydrogen-bond donors (Lipinski definition) is 3. The molecule has 19 heavy (non-hydrogen) atoms. The number of carbonyl (C=O) groups is 2. The molecule has 7 nitrogen and oxygen atoms in total. The summed E-state index contributed by atoms with van der Waals surface area (Å²) in [6.45, 7) is 6.73. The Labute approximate surface area is 113 Å². The molecule has 1 rings (SSSR count). The van der Waals surface area contributed by atoms with Gasteiger partial charge in [-0.3, -0.25) is 4.90 Å². The fourth-order valence-electron chi connectivity index (χ4n) is 2.07. The average molecular weight is 273 g/mol. The third-order valence-corrected chi connectivity index (χ3v) is 3.35. The van der Waals surface area contributed by atoms with Gasteiger partial charge in [0.25, 0.3) is 0 Å². The fourth-order valence-corrected chi connectivity index (χ4v) is 2.07. The zero-order chi connectivity index (χ0) is 14.4. The number of aliphatic carboxylic acids is 1. The van der Waals surface area contributed by atoms with Crippen LogP contribution in [0.1, 0.15) is 20.3 Å². The normalized spacial score (nSPS) is 18.4. The monoisotopic (exact) mass is 273 g/mol.